The summed E-state index contributed by atoms with van der Waals surface area (Å²) in [6, 6.07) is -0.335. The van der Waals surface area contributed by atoms with Crippen molar-refractivity contribution < 1.29 is 9.59 Å². The summed E-state index contributed by atoms with van der Waals surface area (Å²) < 4.78 is 0. The van der Waals surface area contributed by atoms with Gasteiger partial charge in [0.25, 0.3) is 0 Å². The maximum Gasteiger partial charge on any atom is 0.237 e. The van der Waals surface area contributed by atoms with Gasteiger partial charge in [-0.15, -0.1) is 11.3 Å². The van der Waals surface area contributed by atoms with Gasteiger partial charge in [0.1, 0.15) is 5.01 Å². The van der Waals surface area contributed by atoms with Gasteiger partial charge in [0.2, 0.25) is 11.8 Å². The van der Waals surface area contributed by atoms with Crippen LogP contribution in [0.4, 0.5) is 0 Å². The molecule has 1 saturated carbocycles. The highest BCUT2D eigenvalue weighted by Gasteiger charge is 2.33. The monoisotopic (exact) mass is 378 g/mol. The van der Waals surface area contributed by atoms with Crippen LogP contribution in [0.3, 0.4) is 0 Å². The van der Waals surface area contributed by atoms with Gasteiger partial charge in [0.15, 0.2) is 0 Å². The van der Waals surface area contributed by atoms with E-state index in [1.807, 2.05) is 12.3 Å². The third kappa shape index (κ3) is 5.04. The highest BCUT2D eigenvalue weighted by atomic mass is 32.1. The quantitative estimate of drug-likeness (QED) is 0.824. The number of hydrogen-bond donors (Lipinski definition) is 1. The average Bonchev–Trinajstić information content (AvgIpc) is 3.03. The minimum absolute atomic E-state index is 0.00102. The molecular formula is C19H30N4O2S. The Morgan fingerprint density at radius 3 is 2.85 bits per heavy atom. The zero-order valence-electron chi connectivity index (χ0n) is 15.9. The van der Waals surface area contributed by atoms with Crippen LogP contribution in [0.1, 0.15) is 49.2 Å². The molecule has 7 heteroatoms. The fraction of sp³-hybridized carbons (Fsp3) is 0.737. The number of nitrogens with zero attached hydrogens (tertiary/aromatic N) is 3. The number of carbonyl (C=O) groups is 2. The molecule has 1 N–H and O–H groups in total. The molecule has 1 aliphatic carbocycles. The first-order chi connectivity index (χ1) is 12.5. The van der Waals surface area contributed by atoms with Gasteiger partial charge in [0.05, 0.1) is 19.0 Å². The first-order valence-electron chi connectivity index (χ1n) is 9.69. The fourth-order valence-corrected chi connectivity index (χ4v) is 4.82. The molecule has 144 valence electrons. The fourth-order valence-electron chi connectivity index (χ4n) is 3.99. The normalized spacial score (nSPS) is 22.2. The largest absolute Gasteiger partial charge is 0.353 e. The van der Waals surface area contributed by atoms with Crippen molar-refractivity contribution >= 4 is 23.2 Å². The third-order valence-corrected chi connectivity index (χ3v) is 6.44. The van der Waals surface area contributed by atoms with Gasteiger partial charge in [-0.3, -0.25) is 14.5 Å². The average molecular weight is 379 g/mol. The van der Waals surface area contributed by atoms with Crippen molar-refractivity contribution in [3.8, 4) is 0 Å². The minimum Gasteiger partial charge on any atom is -0.353 e. The maximum atomic E-state index is 12.7. The van der Waals surface area contributed by atoms with Crippen molar-refractivity contribution in [1.29, 1.82) is 0 Å². The van der Waals surface area contributed by atoms with Crippen LogP contribution in [0, 0.1) is 12.8 Å². The molecule has 0 spiro atoms. The molecule has 2 heterocycles. The predicted molar refractivity (Wildman–Crippen MR) is 103 cm³/mol. The number of thiazole rings is 1. The number of carbonyl (C=O) groups excluding carboxylic acids is 2. The Balaban J connectivity index is 1.58. The van der Waals surface area contributed by atoms with E-state index in [0.29, 0.717) is 19.0 Å². The number of aryl methyl sites for hydroxylation is 1. The topological polar surface area (TPSA) is 65.5 Å². The second-order valence-electron chi connectivity index (χ2n) is 7.64. The van der Waals surface area contributed by atoms with Crippen LogP contribution in [0.2, 0.25) is 0 Å². The summed E-state index contributed by atoms with van der Waals surface area (Å²) in [5.41, 5.74) is 0.983. The van der Waals surface area contributed by atoms with E-state index in [0.717, 1.165) is 23.8 Å². The number of piperazine rings is 1. The molecule has 26 heavy (non-hydrogen) atoms. The summed E-state index contributed by atoms with van der Waals surface area (Å²) in [5.74, 6) is 0.677. The molecule has 1 aliphatic heterocycles. The molecule has 0 aromatic carbocycles. The molecular weight excluding hydrogens is 348 g/mol. The number of rotatable bonds is 6. The Morgan fingerprint density at radius 1 is 1.38 bits per heavy atom. The molecule has 6 nitrogen and oxygen atoms in total. The third-order valence-electron chi connectivity index (χ3n) is 5.49. The van der Waals surface area contributed by atoms with Gasteiger partial charge < -0.3 is 10.2 Å². The molecule has 2 amide bonds. The lowest BCUT2D eigenvalue weighted by Gasteiger charge is -2.38. The molecule has 1 saturated heterocycles. The van der Waals surface area contributed by atoms with Crippen LogP contribution in [-0.4, -0.2) is 59.3 Å². The van der Waals surface area contributed by atoms with E-state index in [1.165, 1.54) is 32.1 Å². The first-order valence-corrected chi connectivity index (χ1v) is 10.6. The standard InChI is InChI=1S/C19H30N4O2S/c1-14-13-26-17(21-14)12-22(2)18(24)10-16-19(25)20-8-9-23(16)11-15-6-4-3-5-7-15/h13,15-16H,3-12H2,1-2H3,(H,20,25). The molecule has 1 aromatic rings. The van der Waals surface area contributed by atoms with Crippen LogP contribution in [0.5, 0.6) is 0 Å². The second kappa shape index (κ2) is 8.95. The van der Waals surface area contributed by atoms with Crippen molar-refractivity contribution in [2.24, 2.45) is 5.92 Å². The van der Waals surface area contributed by atoms with E-state index >= 15 is 0 Å². The Labute approximate surface area is 160 Å². The maximum absolute atomic E-state index is 12.7. The van der Waals surface area contributed by atoms with Gasteiger partial charge in [-0.2, -0.15) is 0 Å². The van der Waals surface area contributed by atoms with Crippen molar-refractivity contribution in [2.45, 2.75) is 58.0 Å². The van der Waals surface area contributed by atoms with Crippen LogP contribution in [0.25, 0.3) is 0 Å². The van der Waals surface area contributed by atoms with Gasteiger partial charge in [-0.25, -0.2) is 4.98 Å². The molecule has 2 fully saturated rings. The minimum atomic E-state index is -0.335. The van der Waals surface area contributed by atoms with Crippen molar-refractivity contribution in [3.05, 3.63) is 16.1 Å². The SMILES string of the molecule is Cc1csc(CN(C)C(=O)CC2C(=O)NCCN2CC2CCCCC2)n1. The van der Waals surface area contributed by atoms with Gasteiger partial charge in [-0.1, -0.05) is 19.3 Å². The van der Waals surface area contributed by atoms with Gasteiger partial charge in [0, 0.05) is 37.8 Å². The Morgan fingerprint density at radius 2 is 2.15 bits per heavy atom. The van der Waals surface area contributed by atoms with Crippen LogP contribution >= 0.6 is 11.3 Å². The Hall–Kier alpha value is -1.47. The summed E-state index contributed by atoms with van der Waals surface area (Å²) in [6.07, 6.45) is 6.68. The molecule has 0 radical (unpaired) electrons. The summed E-state index contributed by atoms with van der Waals surface area (Å²) in [4.78, 5) is 33.5. The smallest absolute Gasteiger partial charge is 0.237 e. The van der Waals surface area contributed by atoms with E-state index in [1.54, 1.807) is 23.3 Å². The highest BCUT2D eigenvalue weighted by Crippen LogP contribution is 2.26. The van der Waals surface area contributed by atoms with Crippen LogP contribution in [0.15, 0.2) is 5.38 Å². The zero-order chi connectivity index (χ0) is 18.5. The van der Waals surface area contributed by atoms with E-state index < -0.39 is 0 Å². The predicted octanol–water partition coefficient (Wildman–Crippen LogP) is 2.18. The lowest BCUT2D eigenvalue weighted by molar-refractivity contribution is -0.138. The van der Waals surface area contributed by atoms with Gasteiger partial charge >= 0.3 is 0 Å². The number of amides is 2. The lowest BCUT2D eigenvalue weighted by atomic mass is 9.88. The van der Waals surface area contributed by atoms with E-state index in [-0.39, 0.29) is 24.3 Å². The summed E-state index contributed by atoms with van der Waals surface area (Å²) >= 11 is 1.57. The molecule has 2 aliphatic rings. The van der Waals surface area contributed by atoms with Crippen molar-refractivity contribution in [1.82, 2.24) is 20.1 Å². The van der Waals surface area contributed by atoms with E-state index in [9.17, 15) is 9.59 Å². The summed E-state index contributed by atoms with van der Waals surface area (Å²) in [7, 11) is 1.80. The Bertz CT molecular complexity index is 627. The summed E-state index contributed by atoms with van der Waals surface area (Å²) in [5, 5.41) is 5.86. The van der Waals surface area contributed by atoms with E-state index in [4.69, 9.17) is 0 Å². The lowest BCUT2D eigenvalue weighted by Crippen LogP contribution is -2.57. The highest BCUT2D eigenvalue weighted by molar-refractivity contribution is 7.09. The molecule has 0 bridgehead atoms. The number of nitrogens with one attached hydrogen (secondary N) is 1. The van der Waals surface area contributed by atoms with Crippen LogP contribution < -0.4 is 5.32 Å². The van der Waals surface area contributed by atoms with Gasteiger partial charge in [-0.05, 0) is 25.7 Å². The Kier molecular flexibility index (Phi) is 6.64. The number of aromatic nitrogens is 1. The zero-order valence-corrected chi connectivity index (χ0v) is 16.7. The van der Waals surface area contributed by atoms with Crippen LogP contribution in [-0.2, 0) is 16.1 Å². The van der Waals surface area contributed by atoms with Crippen molar-refractivity contribution in [2.75, 3.05) is 26.7 Å². The molecule has 3 rings (SSSR count). The first kappa shape index (κ1) is 19.3. The molecule has 1 unspecified atom stereocenters. The van der Waals surface area contributed by atoms with E-state index in [2.05, 4.69) is 15.2 Å². The second-order valence-corrected chi connectivity index (χ2v) is 8.59. The summed E-state index contributed by atoms with van der Waals surface area (Å²) in [6.45, 7) is 4.94. The molecule has 1 aromatic heterocycles. The number of hydrogen-bond acceptors (Lipinski definition) is 5. The van der Waals surface area contributed by atoms with Crippen molar-refractivity contribution in [3.63, 3.8) is 0 Å². The molecule has 1 atom stereocenters.